The van der Waals surface area contributed by atoms with E-state index < -0.39 is 26.4 Å². The largest absolute Gasteiger partial charge is 0.508 e. The maximum Gasteiger partial charge on any atom is 0.283 e. The Bertz CT molecular complexity index is 1210. The van der Waals surface area contributed by atoms with Crippen molar-refractivity contribution < 1.29 is 23.2 Å². The van der Waals surface area contributed by atoms with Crippen molar-refractivity contribution in [2.24, 2.45) is 0 Å². The van der Waals surface area contributed by atoms with Gasteiger partial charge in [-0.25, -0.2) is 0 Å². The van der Waals surface area contributed by atoms with Gasteiger partial charge in [0.1, 0.15) is 16.5 Å². The van der Waals surface area contributed by atoms with Gasteiger partial charge in [-0.15, -0.1) is 0 Å². The first kappa shape index (κ1) is 22.0. The molecule has 0 heterocycles. The highest BCUT2D eigenvalue weighted by Crippen LogP contribution is 2.53. The summed E-state index contributed by atoms with van der Waals surface area (Å²) in [7, 11) is -5.16. The number of phenolic OH excluding ortho intramolecular Hbond substituents is 2. The summed E-state index contributed by atoms with van der Waals surface area (Å²) in [5.74, 6) is -1.23. The number of rotatable bonds is 4. The third kappa shape index (κ3) is 3.54. The highest BCUT2D eigenvalue weighted by Gasteiger charge is 2.53. The molecule has 0 saturated heterocycles. The first-order chi connectivity index (χ1) is 13.5. The van der Waals surface area contributed by atoms with Crippen molar-refractivity contribution in [3.05, 3.63) is 91.4 Å². The van der Waals surface area contributed by atoms with E-state index in [1.807, 2.05) is 0 Å². The van der Waals surface area contributed by atoms with Gasteiger partial charge >= 0.3 is 0 Å². The maximum atomic E-state index is 13.0. The van der Waals surface area contributed by atoms with Crippen LogP contribution < -0.4 is 0 Å². The fourth-order valence-corrected chi connectivity index (χ4v) is 5.38. The molecule has 5 nitrogen and oxygen atoms in total. The molecule has 0 spiro atoms. The van der Waals surface area contributed by atoms with Crippen LogP contribution in [0.2, 0.25) is 20.1 Å². The second-order valence-corrected chi connectivity index (χ2v) is 9.25. The lowest BCUT2D eigenvalue weighted by Crippen LogP contribution is -2.38. The lowest BCUT2D eigenvalue weighted by atomic mass is 9.83. The van der Waals surface area contributed by atoms with Crippen molar-refractivity contribution in [2.75, 3.05) is 0 Å². The van der Waals surface area contributed by atoms with Gasteiger partial charge in [-0.05, 0) is 30.3 Å². The molecule has 3 N–H and O–H groups in total. The number of hydrogen-bond acceptors (Lipinski definition) is 4. The average molecular weight is 494 g/mol. The van der Waals surface area contributed by atoms with Gasteiger partial charge in [0.2, 0.25) is 0 Å². The summed E-state index contributed by atoms with van der Waals surface area (Å²) in [5, 5.41) is 20.9. The van der Waals surface area contributed by atoms with Crippen LogP contribution in [0, 0.1) is 0 Å². The number of halogens is 4. The fourth-order valence-electron chi connectivity index (χ4n) is 3.21. The molecule has 0 aliphatic rings. The van der Waals surface area contributed by atoms with E-state index in [4.69, 9.17) is 46.4 Å². The smallest absolute Gasteiger partial charge is 0.283 e. The topological polar surface area (TPSA) is 94.8 Å². The van der Waals surface area contributed by atoms with E-state index in [0.717, 1.165) is 12.1 Å². The number of benzene rings is 3. The van der Waals surface area contributed by atoms with Crippen molar-refractivity contribution in [1.29, 1.82) is 0 Å². The second kappa shape index (κ2) is 7.87. The average Bonchev–Trinajstić information content (AvgIpc) is 2.65. The lowest BCUT2D eigenvalue weighted by molar-refractivity contribution is 0.428. The SMILES string of the molecule is O=S(=O)(O)C(c1cc(Cl)ccc1O)(c1ccccc1Cl)c1ccc(Cl)c(Cl)c1O. The highest BCUT2D eigenvalue weighted by molar-refractivity contribution is 7.87. The Morgan fingerprint density at radius 1 is 0.759 bits per heavy atom. The molecule has 3 aromatic rings. The van der Waals surface area contributed by atoms with Crippen LogP contribution in [-0.4, -0.2) is 23.2 Å². The van der Waals surface area contributed by atoms with Gasteiger partial charge in [0.25, 0.3) is 10.1 Å². The van der Waals surface area contributed by atoms with Crippen LogP contribution in [0.5, 0.6) is 11.5 Å². The summed E-state index contributed by atoms with van der Waals surface area (Å²) in [6.07, 6.45) is 0. The molecule has 10 heteroatoms. The van der Waals surface area contributed by atoms with Crippen LogP contribution in [0.1, 0.15) is 16.7 Å². The van der Waals surface area contributed by atoms with E-state index in [1.54, 1.807) is 6.07 Å². The predicted octanol–water partition coefficient (Wildman–Crippen LogP) is 5.89. The third-order valence-electron chi connectivity index (χ3n) is 4.43. The van der Waals surface area contributed by atoms with E-state index in [2.05, 4.69) is 0 Å². The van der Waals surface area contributed by atoms with Crippen LogP contribution in [0.15, 0.2) is 54.6 Å². The molecule has 0 aromatic heterocycles. The Hall–Kier alpha value is -1.67. The Morgan fingerprint density at radius 2 is 1.41 bits per heavy atom. The molecule has 1 atom stereocenters. The lowest BCUT2D eigenvalue weighted by Gasteiger charge is -2.34. The molecule has 0 radical (unpaired) electrons. The number of phenols is 2. The van der Waals surface area contributed by atoms with Gasteiger partial charge in [-0.3, -0.25) is 4.55 Å². The predicted molar refractivity (Wildman–Crippen MR) is 114 cm³/mol. The minimum absolute atomic E-state index is 0.0494. The van der Waals surface area contributed by atoms with Gasteiger partial charge in [0.15, 0.2) is 4.75 Å². The molecule has 152 valence electrons. The Labute approximate surface area is 186 Å². The van der Waals surface area contributed by atoms with Crippen LogP contribution >= 0.6 is 46.4 Å². The third-order valence-corrected chi connectivity index (χ3v) is 7.22. The van der Waals surface area contributed by atoms with E-state index in [0.29, 0.717) is 0 Å². The molecule has 3 rings (SSSR count). The minimum atomic E-state index is -5.16. The van der Waals surface area contributed by atoms with Crippen LogP contribution in [0.3, 0.4) is 0 Å². The quantitative estimate of drug-likeness (QED) is 0.311. The molecule has 0 fully saturated rings. The van der Waals surface area contributed by atoms with Gasteiger partial charge in [0.05, 0.1) is 5.02 Å². The van der Waals surface area contributed by atoms with E-state index in [-0.39, 0.29) is 36.8 Å². The first-order valence-corrected chi connectivity index (χ1v) is 10.9. The summed E-state index contributed by atoms with van der Waals surface area (Å²) < 4.78 is 33.9. The van der Waals surface area contributed by atoms with E-state index in [1.165, 1.54) is 36.4 Å². The summed E-state index contributed by atoms with van der Waals surface area (Å²) >= 11 is 24.3. The maximum absolute atomic E-state index is 13.0. The molecule has 0 bridgehead atoms. The van der Waals surface area contributed by atoms with Crippen LogP contribution in [0.4, 0.5) is 0 Å². The number of hydrogen-bond donors (Lipinski definition) is 3. The van der Waals surface area contributed by atoms with Crippen molar-refractivity contribution in [1.82, 2.24) is 0 Å². The van der Waals surface area contributed by atoms with Gasteiger partial charge in [-0.2, -0.15) is 8.42 Å². The summed E-state index contributed by atoms with van der Waals surface area (Å²) in [5.41, 5.74) is -0.857. The number of aromatic hydroxyl groups is 2. The highest BCUT2D eigenvalue weighted by atomic mass is 35.5. The summed E-state index contributed by atoms with van der Waals surface area (Å²) in [6.45, 7) is 0. The monoisotopic (exact) mass is 492 g/mol. The molecule has 0 aliphatic carbocycles. The molecule has 0 saturated carbocycles. The molecular weight excluding hydrogens is 482 g/mol. The van der Waals surface area contributed by atoms with Crippen molar-refractivity contribution in [2.45, 2.75) is 4.75 Å². The minimum Gasteiger partial charge on any atom is -0.508 e. The fraction of sp³-hybridized carbons (Fsp3) is 0.0526. The standard InChI is InChI=1S/C19H12Cl4O5S/c20-10-5-8-16(24)13(9-10)19(29(26,27)28,11-3-1-2-4-14(11)21)12-6-7-15(22)17(23)18(12)25/h1-9,24-25H,(H,26,27,28). The Balaban J connectivity index is 2.66. The molecule has 0 amide bonds. The van der Waals surface area contributed by atoms with Crippen LogP contribution in [0.25, 0.3) is 0 Å². The second-order valence-electron chi connectivity index (χ2n) is 6.06. The van der Waals surface area contributed by atoms with Gasteiger partial charge in [0, 0.05) is 26.7 Å². The van der Waals surface area contributed by atoms with Crippen molar-refractivity contribution >= 4 is 56.5 Å². The van der Waals surface area contributed by atoms with Crippen molar-refractivity contribution in [3.63, 3.8) is 0 Å². The zero-order chi connectivity index (χ0) is 21.6. The molecule has 1 unspecified atom stereocenters. The molecule has 3 aromatic carbocycles. The van der Waals surface area contributed by atoms with Gasteiger partial charge < -0.3 is 10.2 Å². The first-order valence-electron chi connectivity index (χ1n) is 7.90. The van der Waals surface area contributed by atoms with Gasteiger partial charge in [-0.1, -0.05) is 70.7 Å². The molecule has 0 aliphatic heterocycles. The Kier molecular flexibility index (Phi) is 5.98. The molecule has 29 heavy (non-hydrogen) atoms. The normalized spacial score (nSPS) is 13.8. The van der Waals surface area contributed by atoms with E-state index in [9.17, 15) is 23.2 Å². The molecular formula is C19H12Cl4O5S. The summed E-state index contributed by atoms with van der Waals surface area (Å²) in [4.78, 5) is 0. The van der Waals surface area contributed by atoms with Crippen LogP contribution in [-0.2, 0) is 14.9 Å². The van der Waals surface area contributed by atoms with E-state index >= 15 is 0 Å². The van der Waals surface area contributed by atoms with Crippen molar-refractivity contribution in [3.8, 4) is 11.5 Å². The summed E-state index contributed by atoms with van der Waals surface area (Å²) in [6, 6.07) is 11.8. The zero-order valence-electron chi connectivity index (χ0n) is 14.3. The Morgan fingerprint density at radius 3 is 2.03 bits per heavy atom. The zero-order valence-corrected chi connectivity index (χ0v) is 18.1.